The third-order valence-corrected chi connectivity index (χ3v) is 6.58. The van der Waals surface area contributed by atoms with Crippen LogP contribution < -0.4 is 5.32 Å². The standard InChI is InChI=1S/C25H23BrN4O3S/c1-33-14-13-30(24(32)20-10-9-17-5-2-3-6-18(17)15-20)12-11-22(31)27-25-29-28-23(34-25)19-7-4-8-21(26)16-19/h2-10,15-16H,11-14H2,1H3,(H,27,29,31). The van der Waals surface area contributed by atoms with Gasteiger partial charge in [0.15, 0.2) is 0 Å². The Kier molecular flexibility index (Phi) is 7.99. The molecule has 2 amide bonds. The van der Waals surface area contributed by atoms with E-state index in [0.29, 0.717) is 28.9 Å². The molecule has 0 bridgehead atoms. The van der Waals surface area contributed by atoms with Crippen molar-refractivity contribution >= 4 is 55.0 Å². The molecule has 0 unspecified atom stereocenters. The lowest BCUT2D eigenvalue weighted by molar-refractivity contribution is -0.116. The Bertz CT molecular complexity index is 1310. The first-order valence-corrected chi connectivity index (χ1v) is 12.3. The average Bonchev–Trinajstić information content (AvgIpc) is 3.32. The summed E-state index contributed by atoms with van der Waals surface area (Å²) in [7, 11) is 1.59. The number of methoxy groups -OCH3 is 1. The fraction of sp³-hybridized carbons (Fsp3) is 0.200. The van der Waals surface area contributed by atoms with Gasteiger partial charge in [0.1, 0.15) is 5.01 Å². The van der Waals surface area contributed by atoms with Gasteiger partial charge < -0.3 is 15.0 Å². The summed E-state index contributed by atoms with van der Waals surface area (Å²) in [5.74, 6) is -0.367. The van der Waals surface area contributed by atoms with Gasteiger partial charge in [-0.3, -0.25) is 9.59 Å². The second-order valence-electron chi connectivity index (χ2n) is 7.57. The molecular weight excluding hydrogens is 516 g/mol. The fourth-order valence-corrected chi connectivity index (χ4v) is 4.61. The fourth-order valence-electron chi connectivity index (χ4n) is 3.45. The number of ether oxygens (including phenoxy) is 1. The SMILES string of the molecule is COCCN(CCC(=O)Nc1nnc(-c2cccc(Br)c2)s1)C(=O)c1ccc2ccccc2c1. The molecule has 4 rings (SSSR count). The monoisotopic (exact) mass is 538 g/mol. The number of benzene rings is 3. The van der Waals surface area contributed by atoms with Gasteiger partial charge >= 0.3 is 0 Å². The first-order chi connectivity index (χ1) is 16.5. The number of nitrogens with one attached hydrogen (secondary N) is 1. The minimum atomic E-state index is -0.231. The number of nitrogens with zero attached hydrogens (tertiary/aromatic N) is 3. The lowest BCUT2D eigenvalue weighted by atomic mass is 10.1. The zero-order chi connectivity index (χ0) is 23.9. The first-order valence-electron chi connectivity index (χ1n) is 10.7. The van der Waals surface area contributed by atoms with Crippen molar-refractivity contribution in [2.45, 2.75) is 6.42 Å². The highest BCUT2D eigenvalue weighted by atomic mass is 79.9. The van der Waals surface area contributed by atoms with E-state index in [1.165, 1.54) is 11.3 Å². The summed E-state index contributed by atoms with van der Waals surface area (Å²) < 4.78 is 6.11. The molecule has 0 aliphatic heterocycles. The van der Waals surface area contributed by atoms with Gasteiger partial charge in [-0.2, -0.15) is 0 Å². The molecule has 0 saturated heterocycles. The van der Waals surface area contributed by atoms with Crippen LogP contribution in [-0.4, -0.2) is 53.7 Å². The predicted molar refractivity (Wildman–Crippen MR) is 138 cm³/mol. The Balaban J connectivity index is 1.39. The second-order valence-corrected chi connectivity index (χ2v) is 9.46. The molecule has 174 valence electrons. The number of fused-ring (bicyclic) bond motifs is 1. The molecule has 7 nitrogen and oxygen atoms in total. The number of amides is 2. The third kappa shape index (κ3) is 6.05. The zero-order valence-corrected chi connectivity index (χ0v) is 20.9. The number of carbonyl (C=O) groups excluding carboxylic acids is 2. The molecule has 9 heteroatoms. The molecule has 0 aliphatic carbocycles. The van der Waals surface area contributed by atoms with Crippen LogP contribution in [0.1, 0.15) is 16.8 Å². The van der Waals surface area contributed by atoms with Crippen LogP contribution >= 0.6 is 27.3 Å². The number of anilines is 1. The summed E-state index contributed by atoms with van der Waals surface area (Å²) >= 11 is 4.74. The molecule has 0 aliphatic rings. The largest absolute Gasteiger partial charge is 0.383 e. The van der Waals surface area contributed by atoms with Crippen molar-refractivity contribution in [3.8, 4) is 10.6 Å². The molecule has 1 heterocycles. The van der Waals surface area contributed by atoms with Crippen LogP contribution in [0.3, 0.4) is 0 Å². The van der Waals surface area contributed by atoms with Crippen molar-refractivity contribution in [1.82, 2.24) is 15.1 Å². The van der Waals surface area contributed by atoms with E-state index in [0.717, 1.165) is 20.8 Å². The first kappa shape index (κ1) is 24.0. The minimum absolute atomic E-state index is 0.134. The van der Waals surface area contributed by atoms with Crippen molar-refractivity contribution in [3.05, 3.63) is 76.8 Å². The number of aromatic nitrogens is 2. The van der Waals surface area contributed by atoms with E-state index in [-0.39, 0.29) is 24.8 Å². The number of rotatable bonds is 9. The zero-order valence-electron chi connectivity index (χ0n) is 18.5. The maximum atomic E-state index is 13.2. The maximum Gasteiger partial charge on any atom is 0.253 e. The molecule has 1 N–H and O–H groups in total. The highest BCUT2D eigenvalue weighted by molar-refractivity contribution is 9.10. The van der Waals surface area contributed by atoms with Gasteiger partial charge in [-0.15, -0.1) is 10.2 Å². The number of carbonyl (C=O) groups is 2. The van der Waals surface area contributed by atoms with Gasteiger partial charge in [0.05, 0.1) is 6.61 Å². The van der Waals surface area contributed by atoms with E-state index in [2.05, 4.69) is 31.4 Å². The van der Waals surface area contributed by atoms with E-state index in [1.54, 1.807) is 12.0 Å². The topological polar surface area (TPSA) is 84.4 Å². The lowest BCUT2D eigenvalue weighted by Gasteiger charge is -2.22. The second kappa shape index (κ2) is 11.3. The Morgan fingerprint density at radius 2 is 1.82 bits per heavy atom. The van der Waals surface area contributed by atoms with Crippen molar-refractivity contribution in [3.63, 3.8) is 0 Å². The van der Waals surface area contributed by atoms with E-state index in [1.807, 2.05) is 66.7 Å². The molecule has 4 aromatic rings. The van der Waals surface area contributed by atoms with Crippen LogP contribution in [0.15, 0.2) is 71.2 Å². The van der Waals surface area contributed by atoms with Gasteiger partial charge in [-0.05, 0) is 35.0 Å². The van der Waals surface area contributed by atoms with Crippen LogP contribution in [0.5, 0.6) is 0 Å². The number of hydrogen-bond donors (Lipinski definition) is 1. The van der Waals surface area contributed by atoms with Crippen molar-refractivity contribution in [2.75, 3.05) is 32.1 Å². The summed E-state index contributed by atoms with van der Waals surface area (Å²) in [6.45, 7) is 1.03. The lowest BCUT2D eigenvalue weighted by Crippen LogP contribution is -2.36. The van der Waals surface area contributed by atoms with Gasteiger partial charge in [0.25, 0.3) is 5.91 Å². The van der Waals surface area contributed by atoms with Crippen LogP contribution in [0.25, 0.3) is 21.3 Å². The van der Waals surface area contributed by atoms with Crippen molar-refractivity contribution in [2.24, 2.45) is 0 Å². The Morgan fingerprint density at radius 3 is 2.62 bits per heavy atom. The Morgan fingerprint density at radius 1 is 1.00 bits per heavy atom. The summed E-state index contributed by atoms with van der Waals surface area (Å²) in [5.41, 5.74) is 1.50. The Labute approximate surface area is 209 Å². The maximum absolute atomic E-state index is 13.2. The van der Waals surface area contributed by atoms with E-state index < -0.39 is 0 Å². The molecule has 0 fully saturated rings. The minimum Gasteiger partial charge on any atom is -0.383 e. The van der Waals surface area contributed by atoms with Gasteiger partial charge in [-0.1, -0.05) is 69.7 Å². The van der Waals surface area contributed by atoms with Gasteiger partial charge in [0.2, 0.25) is 11.0 Å². The summed E-state index contributed by atoms with van der Waals surface area (Å²) in [6, 6.07) is 21.2. The highest BCUT2D eigenvalue weighted by Gasteiger charge is 2.18. The van der Waals surface area contributed by atoms with Crippen LogP contribution in [0.2, 0.25) is 0 Å². The average molecular weight is 539 g/mol. The smallest absolute Gasteiger partial charge is 0.253 e. The van der Waals surface area contributed by atoms with E-state index >= 15 is 0 Å². The van der Waals surface area contributed by atoms with Crippen molar-refractivity contribution in [1.29, 1.82) is 0 Å². The highest BCUT2D eigenvalue weighted by Crippen LogP contribution is 2.28. The quantitative estimate of drug-likeness (QED) is 0.315. The molecule has 0 radical (unpaired) electrons. The normalized spacial score (nSPS) is 10.9. The molecular formula is C25H23BrN4O3S. The third-order valence-electron chi connectivity index (χ3n) is 5.20. The molecule has 1 aromatic heterocycles. The summed E-state index contributed by atoms with van der Waals surface area (Å²) in [4.78, 5) is 27.4. The molecule has 0 spiro atoms. The van der Waals surface area contributed by atoms with Crippen LogP contribution in [0, 0.1) is 0 Å². The Hall–Kier alpha value is -3.14. The molecule has 0 saturated carbocycles. The van der Waals surface area contributed by atoms with E-state index in [9.17, 15) is 9.59 Å². The summed E-state index contributed by atoms with van der Waals surface area (Å²) in [6.07, 6.45) is 0.134. The predicted octanol–water partition coefficient (Wildman–Crippen LogP) is 5.24. The van der Waals surface area contributed by atoms with Crippen LogP contribution in [-0.2, 0) is 9.53 Å². The summed E-state index contributed by atoms with van der Waals surface area (Å²) in [5, 5.41) is 14.2. The molecule has 3 aromatic carbocycles. The van der Waals surface area contributed by atoms with Crippen molar-refractivity contribution < 1.29 is 14.3 Å². The molecule has 0 atom stereocenters. The van der Waals surface area contributed by atoms with E-state index in [4.69, 9.17) is 4.74 Å². The van der Waals surface area contributed by atoms with Gasteiger partial charge in [0, 0.05) is 42.2 Å². The molecule has 34 heavy (non-hydrogen) atoms. The number of halogens is 1. The number of hydrogen-bond acceptors (Lipinski definition) is 6. The van der Waals surface area contributed by atoms with Crippen LogP contribution in [0.4, 0.5) is 5.13 Å². The van der Waals surface area contributed by atoms with Gasteiger partial charge in [-0.25, -0.2) is 0 Å².